The van der Waals surface area contributed by atoms with Gasteiger partial charge in [-0.3, -0.25) is 0 Å². The Hall–Kier alpha value is -0.0400. The van der Waals surface area contributed by atoms with Crippen LogP contribution in [0.5, 0.6) is 0 Å². The highest BCUT2D eigenvalue weighted by Crippen LogP contribution is 2.40. The van der Waals surface area contributed by atoms with Gasteiger partial charge in [0.15, 0.2) is 0 Å². The molecule has 1 heteroatoms. The molecule has 1 fully saturated rings. The summed E-state index contributed by atoms with van der Waals surface area (Å²) in [6.45, 7) is 10.1. The van der Waals surface area contributed by atoms with Gasteiger partial charge in [0.25, 0.3) is 0 Å². The van der Waals surface area contributed by atoms with E-state index >= 15 is 0 Å². The molecule has 0 aromatic heterocycles. The molecule has 1 saturated carbocycles. The normalized spacial score (nSPS) is 28.7. The first-order valence-corrected chi connectivity index (χ1v) is 6.17. The van der Waals surface area contributed by atoms with Gasteiger partial charge in [0, 0.05) is 6.61 Å². The summed E-state index contributed by atoms with van der Waals surface area (Å²) in [6.07, 6.45) is 7.10. The molecule has 0 radical (unpaired) electrons. The molecular weight excluding hydrogens is 172 g/mol. The third kappa shape index (κ3) is 3.61. The fourth-order valence-electron chi connectivity index (χ4n) is 2.60. The lowest BCUT2D eigenvalue weighted by molar-refractivity contribution is -0.00609. The molecule has 84 valence electrons. The van der Waals surface area contributed by atoms with E-state index in [1.807, 2.05) is 0 Å². The maximum Gasteiger partial charge on any atom is 0.0575 e. The highest BCUT2D eigenvalue weighted by molar-refractivity contribution is 4.82. The van der Waals surface area contributed by atoms with E-state index in [1.54, 1.807) is 0 Å². The van der Waals surface area contributed by atoms with Crippen LogP contribution in [0.15, 0.2) is 0 Å². The van der Waals surface area contributed by atoms with E-state index in [0.29, 0.717) is 11.5 Å². The average molecular weight is 198 g/mol. The number of hydrogen-bond donors (Lipinski definition) is 0. The van der Waals surface area contributed by atoms with Crippen LogP contribution in [0.2, 0.25) is 0 Å². The van der Waals surface area contributed by atoms with Gasteiger partial charge < -0.3 is 4.74 Å². The predicted octanol–water partition coefficient (Wildman–Crippen LogP) is 4.02. The fraction of sp³-hybridized carbons (Fsp3) is 1.00. The van der Waals surface area contributed by atoms with Crippen molar-refractivity contribution < 1.29 is 4.74 Å². The summed E-state index contributed by atoms with van der Waals surface area (Å²) >= 11 is 0. The van der Waals surface area contributed by atoms with Crippen molar-refractivity contribution >= 4 is 0 Å². The second-order valence-corrected chi connectivity index (χ2v) is 5.60. The van der Waals surface area contributed by atoms with Crippen LogP contribution in [0.4, 0.5) is 0 Å². The van der Waals surface area contributed by atoms with Gasteiger partial charge in [0.1, 0.15) is 0 Å². The van der Waals surface area contributed by atoms with Gasteiger partial charge in [0.05, 0.1) is 6.10 Å². The molecule has 1 rings (SSSR count). The van der Waals surface area contributed by atoms with Gasteiger partial charge in [-0.25, -0.2) is 0 Å². The molecule has 2 unspecified atom stereocenters. The van der Waals surface area contributed by atoms with Crippen molar-refractivity contribution in [3.05, 3.63) is 0 Å². The maximum atomic E-state index is 5.82. The highest BCUT2D eigenvalue weighted by atomic mass is 16.5. The zero-order valence-electron chi connectivity index (χ0n) is 10.3. The summed E-state index contributed by atoms with van der Waals surface area (Å²) in [7, 11) is 0. The number of ether oxygens (including phenoxy) is 1. The molecule has 0 spiro atoms. The van der Waals surface area contributed by atoms with E-state index in [9.17, 15) is 0 Å². The summed E-state index contributed by atoms with van der Waals surface area (Å²) in [5.74, 6) is 0.797. The summed E-state index contributed by atoms with van der Waals surface area (Å²) in [5.41, 5.74) is 0.548. The Balaban J connectivity index is 2.35. The average Bonchev–Trinajstić information content (AvgIpc) is 2.12. The number of hydrogen-bond acceptors (Lipinski definition) is 1. The lowest BCUT2D eigenvalue weighted by atomic mass is 9.71. The fourth-order valence-corrected chi connectivity index (χ4v) is 2.60. The lowest BCUT2D eigenvalue weighted by Gasteiger charge is -2.37. The molecule has 0 aromatic carbocycles. The minimum Gasteiger partial charge on any atom is -0.378 e. The summed E-state index contributed by atoms with van der Waals surface area (Å²) in [6, 6.07) is 0. The Morgan fingerprint density at radius 1 is 1.43 bits per heavy atom. The van der Waals surface area contributed by atoms with Crippen molar-refractivity contribution in [3.63, 3.8) is 0 Å². The minimum absolute atomic E-state index is 0.467. The maximum absolute atomic E-state index is 5.82. The summed E-state index contributed by atoms with van der Waals surface area (Å²) < 4.78 is 5.82. The first kappa shape index (κ1) is 12.0. The SMILES string of the molecule is CCCOC(C)C1CCCC(C)(C)C1. The van der Waals surface area contributed by atoms with Crippen molar-refractivity contribution in [2.45, 2.75) is 65.9 Å². The standard InChI is InChI=1S/C13H26O/c1-5-9-14-11(2)12-7-6-8-13(3,4)10-12/h11-12H,5-10H2,1-4H3. The molecule has 0 aromatic rings. The van der Waals surface area contributed by atoms with Gasteiger partial charge in [-0.1, -0.05) is 27.2 Å². The van der Waals surface area contributed by atoms with Crippen LogP contribution in [0.25, 0.3) is 0 Å². The van der Waals surface area contributed by atoms with E-state index in [-0.39, 0.29) is 0 Å². The molecule has 2 atom stereocenters. The van der Waals surface area contributed by atoms with Crippen molar-refractivity contribution in [2.24, 2.45) is 11.3 Å². The first-order valence-electron chi connectivity index (χ1n) is 6.17. The van der Waals surface area contributed by atoms with E-state index in [2.05, 4.69) is 27.7 Å². The van der Waals surface area contributed by atoms with Crippen molar-refractivity contribution in [1.82, 2.24) is 0 Å². The molecule has 0 saturated heterocycles. The Bertz CT molecular complexity index is 163. The molecule has 14 heavy (non-hydrogen) atoms. The zero-order valence-corrected chi connectivity index (χ0v) is 10.3. The minimum atomic E-state index is 0.467. The lowest BCUT2D eigenvalue weighted by Crippen LogP contribution is -2.30. The topological polar surface area (TPSA) is 9.23 Å². The molecule has 0 heterocycles. The largest absolute Gasteiger partial charge is 0.378 e. The Morgan fingerprint density at radius 3 is 2.71 bits per heavy atom. The molecule has 0 aliphatic heterocycles. The molecule has 1 aliphatic carbocycles. The Morgan fingerprint density at radius 2 is 2.14 bits per heavy atom. The van der Waals surface area contributed by atoms with Crippen LogP contribution in [0.1, 0.15) is 59.8 Å². The molecule has 1 aliphatic rings. The van der Waals surface area contributed by atoms with Crippen LogP contribution in [-0.4, -0.2) is 12.7 Å². The quantitative estimate of drug-likeness (QED) is 0.663. The van der Waals surface area contributed by atoms with Crippen molar-refractivity contribution in [1.29, 1.82) is 0 Å². The molecule has 0 bridgehead atoms. The second-order valence-electron chi connectivity index (χ2n) is 5.60. The highest BCUT2D eigenvalue weighted by Gasteiger charge is 2.31. The Labute approximate surface area is 89.2 Å². The van der Waals surface area contributed by atoms with Gasteiger partial charge in [-0.2, -0.15) is 0 Å². The molecule has 0 N–H and O–H groups in total. The van der Waals surface area contributed by atoms with E-state index in [0.717, 1.165) is 18.9 Å². The predicted molar refractivity (Wildman–Crippen MR) is 61.4 cm³/mol. The van der Waals surface area contributed by atoms with Crippen molar-refractivity contribution in [3.8, 4) is 0 Å². The molecule has 1 nitrogen and oxygen atoms in total. The van der Waals surface area contributed by atoms with Gasteiger partial charge in [-0.15, -0.1) is 0 Å². The third-order valence-electron chi connectivity index (χ3n) is 3.49. The first-order chi connectivity index (χ1) is 6.55. The summed E-state index contributed by atoms with van der Waals surface area (Å²) in [5, 5.41) is 0. The van der Waals surface area contributed by atoms with Crippen LogP contribution in [0.3, 0.4) is 0 Å². The molecular formula is C13H26O. The third-order valence-corrected chi connectivity index (χ3v) is 3.49. The zero-order chi connectivity index (χ0) is 10.6. The Kier molecular flexibility index (Phi) is 4.43. The second kappa shape index (κ2) is 5.16. The monoisotopic (exact) mass is 198 g/mol. The van der Waals surface area contributed by atoms with Crippen LogP contribution < -0.4 is 0 Å². The summed E-state index contributed by atoms with van der Waals surface area (Å²) in [4.78, 5) is 0. The molecule has 0 amide bonds. The van der Waals surface area contributed by atoms with Gasteiger partial charge >= 0.3 is 0 Å². The van der Waals surface area contributed by atoms with Gasteiger partial charge in [0.2, 0.25) is 0 Å². The van der Waals surface area contributed by atoms with E-state index in [1.165, 1.54) is 25.7 Å². The van der Waals surface area contributed by atoms with Crippen molar-refractivity contribution in [2.75, 3.05) is 6.61 Å². The van der Waals surface area contributed by atoms with Crippen LogP contribution >= 0.6 is 0 Å². The van der Waals surface area contributed by atoms with E-state index in [4.69, 9.17) is 4.74 Å². The van der Waals surface area contributed by atoms with Gasteiger partial charge in [-0.05, 0) is 43.9 Å². The van der Waals surface area contributed by atoms with Crippen LogP contribution in [0, 0.1) is 11.3 Å². The smallest absolute Gasteiger partial charge is 0.0575 e. The van der Waals surface area contributed by atoms with E-state index < -0.39 is 0 Å². The number of rotatable bonds is 4. The van der Waals surface area contributed by atoms with Crippen LogP contribution in [-0.2, 0) is 4.74 Å².